The second-order valence-electron chi connectivity index (χ2n) is 7.09. The van der Waals surface area contributed by atoms with Gasteiger partial charge >= 0.3 is 0 Å². The van der Waals surface area contributed by atoms with Gasteiger partial charge in [-0.1, -0.05) is 29.8 Å². The smallest absolute Gasteiger partial charge is 0.255 e. The van der Waals surface area contributed by atoms with Crippen molar-refractivity contribution < 1.29 is 4.79 Å². The summed E-state index contributed by atoms with van der Waals surface area (Å²) in [5, 5.41) is 13.8. The Morgan fingerprint density at radius 3 is 2.58 bits per heavy atom. The number of hydrogen-bond donors (Lipinski definition) is 3. The summed E-state index contributed by atoms with van der Waals surface area (Å²) in [6, 6.07) is 8.26. The Hall–Kier alpha value is -2.63. The lowest BCUT2D eigenvalue weighted by Gasteiger charge is -2.40. The van der Waals surface area contributed by atoms with Crippen LogP contribution in [0.1, 0.15) is 45.0 Å². The maximum atomic E-state index is 12.5. The summed E-state index contributed by atoms with van der Waals surface area (Å²) in [7, 11) is 1.98. The van der Waals surface area contributed by atoms with Gasteiger partial charge in [-0.3, -0.25) is 4.79 Å². The summed E-state index contributed by atoms with van der Waals surface area (Å²) < 4.78 is 0. The lowest BCUT2D eigenvalue weighted by atomic mass is 10.0. The van der Waals surface area contributed by atoms with Crippen molar-refractivity contribution in [1.29, 1.82) is 5.41 Å². The van der Waals surface area contributed by atoms with Crippen LogP contribution in [-0.4, -0.2) is 41.5 Å². The van der Waals surface area contributed by atoms with Gasteiger partial charge in [-0.05, 0) is 40.2 Å². The molecule has 1 heterocycles. The Kier molecular flexibility index (Phi) is 6.18. The molecule has 6 heteroatoms. The summed E-state index contributed by atoms with van der Waals surface area (Å²) in [4.78, 5) is 19.3. The standard InChI is InChI=1S/C20H29N5O/c1-12(2)22-11-17(14(4)21)20(26)23-15(5)18-24-19(25(18)6)16-9-7-8-13(3)10-16/h7-12,15,19,21-22H,1-6H3,(H,23,26)/b17-11+,21-14?. The van der Waals surface area contributed by atoms with Crippen LogP contribution in [0.25, 0.3) is 0 Å². The van der Waals surface area contributed by atoms with Crippen LogP contribution in [0.5, 0.6) is 0 Å². The Labute approximate surface area is 155 Å². The number of nitrogens with one attached hydrogen (secondary N) is 3. The maximum Gasteiger partial charge on any atom is 0.255 e. The van der Waals surface area contributed by atoms with Gasteiger partial charge < -0.3 is 20.9 Å². The van der Waals surface area contributed by atoms with Crippen molar-refractivity contribution in [3.8, 4) is 0 Å². The van der Waals surface area contributed by atoms with Crippen LogP contribution in [-0.2, 0) is 4.79 Å². The fourth-order valence-electron chi connectivity index (χ4n) is 2.85. The maximum absolute atomic E-state index is 12.5. The molecule has 0 saturated heterocycles. The van der Waals surface area contributed by atoms with Gasteiger partial charge in [0.05, 0.1) is 11.6 Å². The quantitative estimate of drug-likeness (QED) is 0.520. The number of aryl methyl sites for hydroxylation is 1. The molecule has 2 atom stereocenters. The molecule has 0 saturated carbocycles. The van der Waals surface area contributed by atoms with Crippen molar-refractivity contribution in [2.75, 3.05) is 7.05 Å². The normalized spacial score (nSPS) is 18.1. The first-order valence-electron chi connectivity index (χ1n) is 8.90. The lowest BCUT2D eigenvalue weighted by molar-refractivity contribution is -0.117. The van der Waals surface area contributed by atoms with Gasteiger partial charge in [0, 0.05) is 25.0 Å². The fourth-order valence-corrected chi connectivity index (χ4v) is 2.85. The molecular weight excluding hydrogens is 326 g/mol. The topological polar surface area (TPSA) is 80.6 Å². The molecule has 26 heavy (non-hydrogen) atoms. The zero-order valence-electron chi connectivity index (χ0n) is 16.4. The average Bonchev–Trinajstić information content (AvgIpc) is 2.53. The molecule has 1 aliphatic rings. The Bertz CT molecular complexity index is 750. The van der Waals surface area contributed by atoms with Crippen molar-refractivity contribution in [2.45, 2.75) is 52.9 Å². The highest BCUT2D eigenvalue weighted by Crippen LogP contribution is 2.30. The summed E-state index contributed by atoms with van der Waals surface area (Å²) in [6.07, 6.45) is 1.60. The third-order valence-corrected chi connectivity index (χ3v) is 4.27. The number of carbonyl (C=O) groups excluding carboxylic acids is 1. The van der Waals surface area contributed by atoms with Crippen LogP contribution in [0, 0.1) is 12.3 Å². The first-order chi connectivity index (χ1) is 12.2. The number of aliphatic imine (C=N–C) groups is 1. The largest absolute Gasteiger partial charge is 0.388 e. The lowest BCUT2D eigenvalue weighted by Crippen LogP contribution is -2.52. The first kappa shape index (κ1) is 19.7. The molecule has 1 aromatic carbocycles. The van der Waals surface area contributed by atoms with E-state index in [0.717, 1.165) is 11.4 Å². The molecule has 2 unspecified atom stereocenters. The van der Waals surface area contributed by atoms with E-state index in [0.29, 0.717) is 5.57 Å². The number of amidine groups is 1. The van der Waals surface area contributed by atoms with Crippen LogP contribution in [0.2, 0.25) is 0 Å². The molecular formula is C20H29N5O. The summed E-state index contributed by atoms with van der Waals surface area (Å²) in [5.41, 5.74) is 2.91. The van der Waals surface area contributed by atoms with E-state index in [4.69, 9.17) is 5.41 Å². The SMILES string of the molecule is CC(=N)/C(=C\NC(C)C)C(=O)NC(C)C1=NC(c2cccc(C)c2)N1C. The highest BCUT2D eigenvalue weighted by Gasteiger charge is 2.33. The second-order valence-corrected chi connectivity index (χ2v) is 7.09. The highest BCUT2D eigenvalue weighted by atomic mass is 16.1. The number of amides is 1. The second kappa shape index (κ2) is 8.17. The third kappa shape index (κ3) is 4.50. The number of hydrogen-bond acceptors (Lipinski definition) is 5. The van der Waals surface area contributed by atoms with Crippen LogP contribution < -0.4 is 10.6 Å². The van der Waals surface area contributed by atoms with E-state index >= 15 is 0 Å². The predicted octanol–water partition coefficient (Wildman–Crippen LogP) is 2.76. The summed E-state index contributed by atoms with van der Waals surface area (Å²) in [5.74, 6) is 0.567. The molecule has 140 valence electrons. The van der Waals surface area contributed by atoms with E-state index in [-0.39, 0.29) is 29.9 Å². The van der Waals surface area contributed by atoms with Crippen molar-refractivity contribution in [2.24, 2.45) is 4.99 Å². The first-order valence-corrected chi connectivity index (χ1v) is 8.90. The number of benzene rings is 1. The molecule has 3 N–H and O–H groups in total. The van der Waals surface area contributed by atoms with Crippen LogP contribution >= 0.6 is 0 Å². The number of rotatable bonds is 7. The van der Waals surface area contributed by atoms with Gasteiger partial charge in [-0.2, -0.15) is 0 Å². The molecule has 1 aliphatic heterocycles. The van der Waals surface area contributed by atoms with Gasteiger partial charge in [0.25, 0.3) is 5.91 Å². The number of carbonyl (C=O) groups is 1. The van der Waals surface area contributed by atoms with E-state index in [9.17, 15) is 4.79 Å². The molecule has 1 amide bonds. The fraction of sp³-hybridized carbons (Fsp3) is 0.450. The van der Waals surface area contributed by atoms with Crippen molar-refractivity contribution in [3.05, 3.63) is 47.2 Å². The highest BCUT2D eigenvalue weighted by molar-refractivity contribution is 6.20. The molecule has 0 aromatic heterocycles. The number of nitrogens with zero attached hydrogens (tertiary/aromatic N) is 2. The molecule has 0 bridgehead atoms. The Morgan fingerprint density at radius 2 is 2.04 bits per heavy atom. The summed E-state index contributed by atoms with van der Waals surface area (Å²) >= 11 is 0. The van der Waals surface area contributed by atoms with E-state index in [1.165, 1.54) is 5.56 Å². The van der Waals surface area contributed by atoms with E-state index in [1.807, 2.05) is 33.9 Å². The Morgan fingerprint density at radius 1 is 1.35 bits per heavy atom. The van der Waals surface area contributed by atoms with Crippen LogP contribution in [0.3, 0.4) is 0 Å². The molecule has 0 fully saturated rings. The van der Waals surface area contributed by atoms with Crippen LogP contribution in [0.4, 0.5) is 0 Å². The minimum Gasteiger partial charge on any atom is -0.388 e. The van der Waals surface area contributed by atoms with Crippen molar-refractivity contribution in [1.82, 2.24) is 15.5 Å². The molecule has 0 radical (unpaired) electrons. The monoisotopic (exact) mass is 355 g/mol. The van der Waals surface area contributed by atoms with Gasteiger partial charge in [0.2, 0.25) is 0 Å². The van der Waals surface area contributed by atoms with Crippen LogP contribution in [0.15, 0.2) is 41.0 Å². The van der Waals surface area contributed by atoms with Gasteiger partial charge in [0.1, 0.15) is 12.0 Å². The molecule has 2 rings (SSSR count). The minimum absolute atomic E-state index is 0.00801. The molecule has 6 nitrogen and oxygen atoms in total. The molecule has 0 aliphatic carbocycles. The third-order valence-electron chi connectivity index (χ3n) is 4.27. The van der Waals surface area contributed by atoms with Gasteiger partial charge in [0.15, 0.2) is 0 Å². The number of likely N-dealkylation sites (N-methyl/N-ethyl adjacent to an activating group) is 1. The zero-order valence-corrected chi connectivity index (χ0v) is 16.4. The molecule has 0 spiro atoms. The van der Waals surface area contributed by atoms with E-state index in [1.54, 1.807) is 13.1 Å². The van der Waals surface area contributed by atoms with Gasteiger partial charge in [-0.25, -0.2) is 4.99 Å². The van der Waals surface area contributed by atoms with Gasteiger partial charge in [-0.15, -0.1) is 0 Å². The summed E-state index contributed by atoms with van der Waals surface area (Å²) in [6.45, 7) is 9.55. The average molecular weight is 355 g/mol. The minimum atomic E-state index is -0.270. The van der Waals surface area contributed by atoms with E-state index in [2.05, 4.69) is 45.6 Å². The molecule has 1 aromatic rings. The predicted molar refractivity (Wildman–Crippen MR) is 106 cm³/mol. The zero-order chi connectivity index (χ0) is 19.4. The van der Waals surface area contributed by atoms with E-state index < -0.39 is 0 Å². The van der Waals surface area contributed by atoms with Crippen molar-refractivity contribution in [3.63, 3.8) is 0 Å². The van der Waals surface area contributed by atoms with Crippen molar-refractivity contribution >= 4 is 17.5 Å². The Balaban J connectivity index is 2.06.